The zero-order chi connectivity index (χ0) is 10.1. The van der Waals surface area contributed by atoms with Crippen LogP contribution in [0, 0.1) is 6.92 Å². The molecule has 0 aliphatic rings. The van der Waals surface area contributed by atoms with Gasteiger partial charge in [0.2, 0.25) is 0 Å². The van der Waals surface area contributed by atoms with E-state index < -0.39 is 0 Å². The minimum absolute atomic E-state index is 0.129. The van der Waals surface area contributed by atoms with Crippen LogP contribution >= 0.6 is 0 Å². The SMILES string of the molecule is Cc1coc2c(C(C)CO)cccc12. The van der Waals surface area contributed by atoms with Crippen LogP contribution in [0.3, 0.4) is 0 Å². The summed E-state index contributed by atoms with van der Waals surface area (Å²) in [5.74, 6) is 0.129. The summed E-state index contributed by atoms with van der Waals surface area (Å²) in [5.41, 5.74) is 3.14. The van der Waals surface area contributed by atoms with Crippen molar-refractivity contribution in [3.05, 3.63) is 35.6 Å². The quantitative estimate of drug-likeness (QED) is 0.790. The van der Waals surface area contributed by atoms with Crippen molar-refractivity contribution < 1.29 is 9.52 Å². The Morgan fingerprint density at radius 1 is 1.43 bits per heavy atom. The van der Waals surface area contributed by atoms with E-state index in [0.29, 0.717) is 0 Å². The Kier molecular flexibility index (Phi) is 2.30. The van der Waals surface area contributed by atoms with Crippen LogP contribution in [0.25, 0.3) is 11.0 Å². The molecule has 1 unspecified atom stereocenters. The van der Waals surface area contributed by atoms with Crippen molar-refractivity contribution in [2.45, 2.75) is 19.8 Å². The maximum atomic E-state index is 9.11. The smallest absolute Gasteiger partial charge is 0.137 e. The molecule has 0 amide bonds. The average Bonchev–Trinajstić information content (AvgIpc) is 2.59. The number of hydrogen-bond donors (Lipinski definition) is 1. The fraction of sp³-hybridized carbons (Fsp3) is 0.333. The molecule has 1 atom stereocenters. The monoisotopic (exact) mass is 190 g/mol. The Balaban J connectivity index is 2.65. The Bertz CT molecular complexity index is 443. The van der Waals surface area contributed by atoms with Crippen molar-refractivity contribution in [1.29, 1.82) is 0 Å². The first-order valence-electron chi connectivity index (χ1n) is 4.81. The van der Waals surface area contributed by atoms with Gasteiger partial charge in [-0.1, -0.05) is 25.1 Å². The standard InChI is InChI=1S/C12H14O2/c1-8(6-13)10-4-3-5-11-9(2)7-14-12(10)11/h3-5,7-8,13H,6H2,1-2H3. The van der Waals surface area contributed by atoms with Gasteiger partial charge in [0, 0.05) is 23.5 Å². The fourth-order valence-electron chi connectivity index (χ4n) is 1.69. The molecule has 0 aliphatic heterocycles. The van der Waals surface area contributed by atoms with Gasteiger partial charge >= 0.3 is 0 Å². The molecule has 2 aromatic rings. The zero-order valence-corrected chi connectivity index (χ0v) is 8.45. The highest BCUT2D eigenvalue weighted by molar-refractivity contribution is 5.84. The molecule has 0 bridgehead atoms. The lowest BCUT2D eigenvalue weighted by molar-refractivity contribution is 0.273. The molecule has 0 saturated carbocycles. The molecule has 2 heteroatoms. The van der Waals surface area contributed by atoms with E-state index in [4.69, 9.17) is 9.52 Å². The van der Waals surface area contributed by atoms with E-state index in [-0.39, 0.29) is 12.5 Å². The van der Waals surface area contributed by atoms with Gasteiger partial charge in [-0.3, -0.25) is 0 Å². The van der Waals surface area contributed by atoms with Crippen molar-refractivity contribution in [3.8, 4) is 0 Å². The van der Waals surface area contributed by atoms with Gasteiger partial charge in [0.05, 0.1) is 6.26 Å². The molecular formula is C12H14O2. The van der Waals surface area contributed by atoms with E-state index in [0.717, 1.165) is 22.1 Å². The van der Waals surface area contributed by atoms with Crippen LogP contribution in [0.15, 0.2) is 28.9 Å². The van der Waals surface area contributed by atoms with E-state index in [2.05, 4.69) is 0 Å². The second kappa shape index (κ2) is 3.46. The summed E-state index contributed by atoms with van der Waals surface area (Å²) < 4.78 is 5.49. The van der Waals surface area contributed by atoms with Crippen molar-refractivity contribution >= 4 is 11.0 Å². The maximum absolute atomic E-state index is 9.11. The molecule has 1 aromatic heterocycles. The Morgan fingerprint density at radius 2 is 2.21 bits per heavy atom. The van der Waals surface area contributed by atoms with Gasteiger partial charge in [-0.15, -0.1) is 0 Å². The number of aliphatic hydroxyl groups excluding tert-OH is 1. The number of fused-ring (bicyclic) bond motifs is 1. The van der Waals surface area contributed by atoms with Gasteiger partial charge in [-0.05, 0) is 12.5 Å². The molecule has 2 rings (SSSR count). The average molecular weight is 190 g/mol. The Hall–Kier alpha value is -1.28. The van der Waals surface area contributed by atoms with Crippen LogP contribution in [0.5, 0.6) is 0 Å². The maximum Gasteiger partial charge on any atom is 0.137 e. The lowest BCUT2D eigenvalue weighted by Gasteiger charge is -2.08. The number of hydrogen-bond acceptors (Lipinski definition) is 2. The third-order valence-corrected chi connectivity index (χ3v) is 2.63. The number of aryl methyl sites for hydroxylation is 1. The van der Waals surface area contributed by atoms with Crippen LogP contribution in [0.4, 0.5) is 0 Å². The number of furan rings is 1. The molecule has 1 aromatic carbocycles. The van der Waals surface area contributed by atoms with Gasteiger partial charge in [-0.2, -0.15) is 0 Å². The normalized spacial score (nSPS) is 13.4. The number of benzene rings is 1. The number of rotatable bonds is 2. The molecule has 14 heavy (non-hydrogen) atoms. The van der Waals surface area contributed by atoms with Gasteiger partial charge in [0.1, 0.15) is 5.58 Å². The molecule has 0 saturated heterocycles. The van der Waals surface area contributed by atoms with Crippen LogP contribution in [-0.4, -0.2) is 11.7 Å². The molecule has 0 spiro atoms. The summed E-state index contributed by atoms with van der Waals surface area (Å²) in [4.78, 5) is 0. The van der Waals surface area contributed by atoms with Crippen LogP contribution in [0.1, 0.15) is 24.0 Å². The first kappa shape index (κ1) is 9.28. The largest absolute Gasteiger partial charge is 0.464 e. The second-order valence-corrected chi connectivity index (χ2v) is 3.73. The van der Waals surface area contributed by atoms with Crippen molar-refractivity contribution in [3.63, 3.8) is 0 Å². The highest BCUT2D eigenvalue weighted by Crippen LogP contribution is 2.28. The van der Waals surface area contributed by atoms with Crippen molar-refractivity contribution in [1.82, 2.24) is 0 Å². The van der Waals surface area contributed by atoms with E-state index >= 15 is 0 Å². The number of aliphatic hydroxyl groups is 1. The van der Waals surface area contributed by atoms with Gasteiger partial charge in [0.15, 0.2) is 0 Å². The number of para-hydroxylation sites is 1. The third kappa shape index (κ3) is 1.32. The topological polar surface area (TPSA) is 33.4 Å². The molecule has 1 heterocycles. The lowest BCUT2D eigenvalue weighted by atomic mass is 9.99. The highest BCUT2D eigenvalue weighted by Gasteiger charge is 2.11. The summed E-state index contributed by atoms with van der Waals surface area (Å²) in [6.07, 6.45) is 1.76. The van der Waals surface area contributed by atoms with Crippen LogP contribution < -0.4 is 0 Å². The molecule has 0 radical (unpaired) electrons. The van der Waals surface area contributed by atoms with Crippen molar-refractivity contribution in [2.24, 2.45) is 0 Å². The molecule has 0 fully saturated rings. The van der Waals surface area contributed by atoms with Gasteiger partial charge < -0.3 is 9.52 Å². The van der Waals surface area contributed by atoms with Crippen molar-refractivity contribution in [2.75, 3.05) is 6.61 Å². The first-order chi connectivity index (χ1) is 6.74. The van der Waals surface area contributed by atoms with E-state index in [1.807, 2.05) is 32.0 Å². The zero-order valence-electron chi connectivity index (χ0n) is 8.45. The predicted molar refractivity (Wildman–Crippen MR) is 56.5 cm³/mol. The minimum atomic E-state index is 0.129. The first-order valence-corrected chi connectivity index (χ1v) is 4.81. The van der Waals surface area contributed by atoms with E-state index in [1.54, 1.807) is 6.26 Å². The Morgan fingerprint density at radius 3 is 2.93 bits per heavy atom. The molecule has 2 nitrogen and oxygen atoms in total. The summed E-state index contributed by atoms with van der Waals surface area (Å²) in [6.45, 7) is 4.17. The van der Waals surface area contributed by atoms with Crippen LogP contribution in [0.2, 0.25) is 0 Å². The predicted octanol–water partition coefficient (Wildman–Crippen LogP) is 2.84. The summed E-state index contributed by atoms with van der Waals surface area (Å²) in [7, 11) is 0. The van der Waals surface area contributed by atoms with E-state index in [9.17, 15) is 0 Å². The van der Waals surface area contributed by atoms with Gasteiger partial charge in [-0.25, -0.2) is 0 Å². The minimum Gasteiger partial charge on any atom is -0.464 e. The summed E-state index contributed by atoms with van der Waals surface area (Å²) >= 11 is 0. The second-order valence-electron chi connectivity index (χ2n) is 3.73. The molecule has 74 valence electrons. The van der Waals surface area contributed by atoms with Gasteiger partial charge in [0.25, 0.3) is 0 Å². The molecular weight excluding hydrogens is 176 g/mol. The Labute approximate surface area is 83.2 Å². The fourth-order valence-corrected chi connectivity index (χ4v) is 1.69. The third-order valence-electron chi connectivity index (χ3n) is 2.63. The lowest BCUT2D eigenvalue weighted by Crippen LogP contribution is -1.98. The highest BCUT2D eigenvalue weighted by atomic mass is 16.3. The van der Waals surface area contributed by atoms with E-state index in [1.165, 1.54) is 0 Å². The van der Waals surface area contributed by atoms with Crippen LogP contribution in [-0.2, 0) is 0 Å². The summed E-state index contributed by atoms with van der Waals surface area (Å²) in [6, 6.07) is 6.06. The molecule has 0 aliphatic carbocycles. The summed E-state index contributed by atoms with van der Waals surface area (Å²) in [5, 5.41) is 10.3. The molecule has 1 N–H and O–H groups in total.